The molecule has 21 nitrogen and oxygen atoms in total. The molecule has 2 bridgehead atoms. The number of nitrogen functional groups attached to an aromatic ring is 1. The largest absolute Gasteiger partial charge is 0.381 e. The fourth-order valence-electron chi connectivity index (χ4n) is 11.5. The molecule has 0 saturated carbocycles. The summed E-state index contributed by atoms with van der Waals surface area (Å²) in [6, 6.07) is 5.36. The van der Waals surface area contributed by atoms with Gasteiger partial charge in [0.15, 0.2) is 17.4 Å². The number of likely N-dealkylation sites (N-methyl/N-ethyl adjacent to an activating group) is 1. The van der Waals surface area contributed by atoms with Crippen molar-refractivity contribution in [2.45, 2.75) is 95.2 Å². The quantitative estimate of drug-likeness (QED) is 0.0935. The number of fused-ring (bicyclic) bond motifs is 8. The Morgan fingerprint density at radius 3 is 2.51 bits per heavy atom. The van der Waals surface area contributed by atoms with Crippen LogP contribution < -0.4 is 26.6 Å². The number of hydrogen-bond donors (Lipinski definition) is 4. The highest BCUT2D eigenvalue weighted by Gasteiger charge is 2.44. The van der Waals surface area contributed by atoms with Gasteiger partial charge in [0.1, 0.15) is 35.5 Å². The predicted molar refractivity (Wildman–Crippen MR) is 293 cm³/mol. The van der Waals surface area contributed by atoms with Gasteiger partial charge in [0.25, 0.3) is 0 Å². The fourth-order valence-corrected chi connectivity index (χ4v) is 12.7. The highest BCUT2D eigenvalue weighted by atomic mass is 32.2. The summed E-state index contributed by atoms with van der Waals surface area (Å²) in [6.45, 7) is 6.59. The summed E-state index contributed by atoms with van der Waals surface area (Å²) in [5.41, 5.74) is 8.20. The molecule has 3 unspecified atom stereocenters. The van der Waals surface area contributed by atoms with Crippen LogP contribution in [-0.4, -0.2) is 185 Å². The second kappa shape index (κ2) is 26.1. The van der Waals surface area contributed by atoms with Crippen molar-refractivity contribution in [3.05, 3.63) is 77.3 Å². The van der Waals surface area contributed by atoms with E-state index < -0.39 is 41.6 Å². The molecule has 6 aliphatic rings. The van der Waals surface area contributed by atoms with E-state index in [0.717, 1.165) is 31.0 Å². The van der Waals surface area contributed by atoms with Crippen LogP contribution in [-0.2, 0) is 41.7 Å². The number of nitrogens with two attached hydrogens (primary N) is 1. The molecule has 7 atom stereocenters. The Kier molecular flexibility index (Phi) is 18.8. The van der Waals surface area contributed by atoms with Crippen molar-refractivity contribution in [1.82, 2.24) is 50.4 Å². The van der Waals surface area contributed by atoms with Crippen LogP contribution in [0.5, 0.6) is 0 Å². The number of nitrogens with zero attached hydrogens (tertiary/aromatic N) is 10. The van der Waals surface area contributed by atoms with E-state index in [4.69, 9.17) is 30.3 Å². The summed E-state index contributed by atoms with van der Waals surface area (Å²) < 4.78 is 41.4. The van der Waals surface area contributed by atoms with Crippen LogP contribution in [0.15, 0.2) is 59.5 Å². The van der Waals surface area contributed by atoms with Gasteiger partial charge in [0.2, 0.25) is 23.6 Å². The van der Waals surface area contributed by atoms with Gasteiger partial charge in [-0.15, -0.1) is 11.8 Å². The van der Waals surface area contributed by atoms with Gasteiger partial charge in [-0.1, -0.05) is 6.08 Å². The van der Waals surface area contributed by atoms with Crippen molar-refractivity contribution in [2.75, 3.05) is 96.2 Å². The number of hydrogen-bond acceptors (Lipinski definition) is 17. The number of Topliss-reactive ketones (excluding diaryl/α,β-unsaturated/α-hetero) is 1. The Bertz CT molecular complexity index is 2870. The average molecular weight is 1110 g/mol. The Hall–Kier alpha value is -6.65. The first-order valence-corrected chi connectivity index (χ1v) is 28.3. The van der Waals surface area contributed by atoms with E-state index in [1.165, 1.54) is 59.1 Å². The van der Waals surface area contributed by atoms with Crippen LogP contribution in [0.4, 0.5) is 20.4 Å². The molecule has 422 valence electrons. The normalized spacial score (nSPS) is 23.1. The lowest BCUT2D eigenvalue weighted by Gasteiger charge is -2.38. The standard InChI is InChI=1S/C55H70F2N14O7S/c1-33(60-2)52(74)65-48(55(76)70-19-5-7-44(70)53-64-42(32-79-53)49(73)35-8-10-36(56)11-9-35)34-14-20-68(21-15-34)23-25-78-27-26-77-24-16-46(72)61-17-22-71-45(29-58)47-40-30-62-50(59)51(63-40)69-18-4-6-43(69)39-28-37(57)12-13-38(39)54(75)67(3)31-41(47)66-71/h8-13,28,30,33-34,38-39,42-44,48,60H,4-7,14-27,31-32H2,1-3H3,(H2,59,62)(H,61,72)(H,65,74)/t33-,38?,39?,42?,43-,44-,48-/m1/s1. The highest BCUT2D eigenvalue weighted by molar-refractivity contribution is 8.14. The second-order valence-corrected chi connectivity index (χ2v) is 22.0. The first-order valence-electron chi connectivity index (χ1n) is 27.4. The third-order valence-electron chi connectivity index (χ3n) is 15.9. The minimum absolute atomic E-state index is 0.0405. The van der Waals surface area contributed by atoms with Crippen molar-refractivity contribution < 1.29 is 42.2 Å². The molecule has 0 radical (unpaired) electrons. The maximum Gasteiger partial charge on any atom is 0.246 e. The molecule has 1 aliphatic carbocycles. The number of nitriles is 1. The van der Waals surface area contributed by atoms with Gasteiger partial charge in [-0.3, -0.25) is 33.6 Å². The number of allylic oxidation sites excluding steroid dienone is 2. The Morgan fingerprint density at radius 1 is 0.987 bits per heavy atom. The number of piperidine rings is 1. The molecule has 4 amide bonds. The summed E-state index contributed by atoms with van der Waals surface area (Å²) in [4.78, 5) is 89.8. The molecular weight excluding hydrogens is 1040 g/mol. The smallest absolute Gasteiger partial charge is 0.246 e. The van der Waals surface area contributed by atoms with Crippen LogP contribution in [0, 0.1) is 34.9 Å². The van der Waals surface area contributed by atoms with Crippen LogP contribution >= 0.6 is 11.8 Å². The van der Waals surface area contributed by atoms with Crippen LogP contribution in [0.25, 0.3) is 11.3 Å². The molecule has 3 saturated heterocycles. The van der Waals surface area contributed by atoms with Crippen LogP contribution in [0.3, 0.4) is 0 Å². The zero-order chi connectivity index (χ0) is 55.7. The molecule has 0 spiro atoms. The molecule has 5 N–H and O–H groups in total. The number of halogens is 2. The van der Waals surface area contributed by atoms with Crippen molar-refractivity contribution >= 4 is 57.9 Å². The van der Waals surface area contributed by atoms with Crippen molar-refractivity contribution in [2.24, 2.45) is 22.7 Å². The predicted octanol–water partition coefficient (Wildman–Crippen LogP) is 3.26. The third kappa shape index (κ3) is 13.2. The summed E-state index contributed by atoms with van der Waals surface area (Å²) in [5, 5.41) is 24.9. The molecular formula is C55H70F2N14O7S. The van der Waals surface area contributed by atoms with Gasteiger partial charge >= 0.3 is 0 Å². The molecule has 3 fully saturated rings. The van der Waals surface area contributed by atoms with E-state index in [0.29, 0.717) is 92.6 Å². The summed E-state index contributed by atoms with van der Waals surface area (Å²) in [5.74, 6) is -1.99. The lowest BCUT2D eigenvalue weighted by atomic mass is 9.80. The minimum atomic E-state index is -0.722. The average Bonchev–Trinajstić information content (AvgIpc) is 4.36. The molecule has 7 heterocycles. The topological polar surface area (TPSA) is 259 Å². The first-order chi connectivity index (χ1) is 38.2. The van der Waals surface area contributed by atoms with Crippen molar-refractivity contribution in [3.63, 3.8) is 0 Å². The number of benzene rings is 1. The molecule has 9 rings (SSSR count). The summed E-state index contributed by atoms with van der Waals surface area (Å²) >= 11 is 1.48. The molecule has 79 heavy (non-hydrogen) atoms. The van der Waals surface area contributed by atoms with E-state index in [2.05, 4.69) is 31.9 Å². The first kappa shape index (κ1) is 57.0. The summed E-state index contributed by atoms with van der Waals surface area (Å²) in [7, 11) is 3.36. The number of ether oxygens (including phenoxy) is 2. The van der Waals surface area contributed by atoms with E-state index in [1.807, 2.05) is 9.80 Å². The fraction of sp³-hybridized carbons (Fsp3) is 0.564. The van der Waals surface area contributed by atoms with E-state index in [1.54, 1.807) is 32.0 Å². The number of carbonyl (C=O) groups excluding carboxylic acids is 5. The monoisotopic (exact) mass is 1110 g/mol. The maximum atomic E-state index is 14.8. The van der Waals surface area contributed by atoms with E-state index in [-0.39, 0.29) is 98.2 Å². The second-order valence-electron chi connectivity index (χ2n) is 20.9. The zero-order valence-corrected chi connectivity index (χ0v) is 45.8. The summed E-state index contributed by atoms with van der Waals surface area (Å²) in [6.07, 6.45) is 10.4. The molecule has 24 heteroatoms. The van der Waals surface area contributed by atoms with Gasteiger partial charge < -0.3 is 50.8 Å². The zero-order valence-electron chi connectivity index (χ0n) is 45.0. The number of aromatic nitrogens is 4. The number of aliphatic imine (C=N–C) groups is 1. The van der Waals surface area contributed by atoms with Gasteiger partial charge in [-0.25, -0.2) is 18.7 Å². The lowest BCUT2D eigenvalue weighted by molar-refractivity contribution is -0.138. The number of ketones is 1. The number of rotatable bonds is 20. The number of carbonyl (C=O) groups is 5. The van der Waals surface area contributed by atoms with Gasteiger partial charge in [-0.05, 0) is 108 Å². The van der Waals surface area contributed by atoms with Crippen molar-refractivity contribution in [3.8, 4) is 17.3 Å². The van der Waals surface area contributed by atoms with Crippen LogP contribution in [0.2, 0.25) is 0 Å². The Balaban J connectivity index is 0.708. The maximum absolute atomic E-state index is 14.8. The SMILES string of the molecule is CN[C@H](C)C(=O)N[C@@H](C(=O)N1CCC[C@@H]1C1=NC(C(=O)c2ccc(F)cc2)CS1)C1CCN(CCOCCOCCC(=O)NCCn2nc3c(c2C#N)-c2cnc(N)c(n2)N2CCC[C@@H]2C2C=C(F)C=CC2C(=O)N(C)C3)CC1. The van der Waals surface area contributed by atoms with Crippen LogP contribution in [0.1, 0.15) is 73.6 Å². The van der Waals surface area contributed by atoms with Gasteiger partial charge in [0, 0.05) is 62.9 Å². The number of nitrogens with one attached hydrogen (secondary N) is 3. The molecule has 5 aliphatic heterocycles. The third-order valence-corrected chi connectivity index (χ3v) is 17.1. The molecule has 2 aromatic heterocycles. The van der Waals surface area contributed by atoms with E-state index >= 15 is 0 Å². The number of anilines is 2. The lowest BCUT2D eigenvalue weighted by Crippen LogP contribution is -2.58. The number of likely N-dealkylation sites (tertiary alicyclic amines) is 2. The Labute approximate surface area is 462 Å². The molecule has 1 aromatic carbocycles. The number of thioether (sulfide) groups is 1. The Morgan fingerprint density at radius 2 is 1.75 bits per heavy atom. The highest BCUT2D eigenvalue weighted by Crippen LogP contribution is 2.41. The minimum Gasteiger partial charge on any atom is -0.381 e. The number of amides is 4. The van der Waals surface area contributed by atoms with Crippen molar-refractivity contribution in [1.29, 1.82) is 5.26 Å². The molecule has 3 aromatic rings. The van der Waals surface area contributed by atoms with E-state index in [9.17, 15) is 38.0 Å². The van der Waals surface area contributed by atoms with Gasteiger partial charge in [0.05, 0.1) is 85.7 Å². The van der Waals surface area contributed by atoms with Gasteiger partial charge in [-0.2, -0.15) is 10.4 Å².